The van der Waals surface area contributed by atoms with Gasteiger partial charge in [-0.2, -0.15) is 17.0 Å². The third-order valence-corrected chi connectivity index (χ3v) is 4.98. The van der Waals surface area contributed by atoms with Crippen LogP contribution in [0.2, 0.25) is 0 Å². The van der Waals surface area contributed by atoms with Crippen LogP contribution in [0.5, 0.6) is 0 Å². The Morgan fingerprint density at radius 1 is 1.22 bits per heavy atom. The summed E-state index contributed by atoms with van der Waals surface area (Å²) in [6.07, 6.45) is 0. The molecule has 0 radical (unpaired) electrons. The average Bonchev–Trinajstić information content (AvgIpc) is 2.41. The highest BCUT2D eigenvalue weighted by Crippen LogP contribution is 2.11. The normalized spacial score (nSPS) is 18.1. The van der Waals surface area contributed by atoms with Crippen molar-refractivity contribution in [2.24, 2.45) is 0 Å². The van der Waals surface area contributed by atoms with Crippen LogP contribution in [-0.2, 0) is 16.8 Å². The van der Waals surface area contributed by atoms with Crippen molar-refractivity contribution in [2.75, 3.05) is 33.2 Å². The van der Waals surface area contributed by atoms with Crippen LogP contribution in [0.4, 0.5) is 0 Å². The molecule has 0 aliphatic carbocycles. The first kappa shape index (κ1) is 13.5. The van der Waals surface area contributed by atoms with Gasteiger partial charge in [0.25, 0.3) is 10.2 Å². The van der Waals surface area contributed by atoms with Crippen molar-refractivity contribution < 1.29 is 8.42 Å². The molecule has 1 fully saturated rings. The Bertz CT molecular complexity index is 469. The Hall–Kier alpha value is -0.950. The number of nitrogens with one attached hydrogen (secondary N) is 1. The molecule has 1 heterocycles. The number of hydrogen-bond donors (Lipinski definition) is 1. The van der Waals surface area contributed by atoms with E-state index in [1.807, 2.05) is 30.3 Å². The molecule has 0 amide bonds. The van der Waals surface area contributed by atoms with Gasteiger partial charge in [-0.05, 0) is 5.56 Å². The van der Waals surface area contributed by atoms with E-state index in [1.54, 1.807) is 7.05 Å². The van der Waals surface area contributed by atoms with Crippen molar-refractivity contribution >= 4 is 10.2 Å². The summed E-state index contributed by atoms with van der Waals surface area (Å²) in [6, 6.07) is 9.63. The standard InChI is InChI=1S/C12H19N3O2S/c1-14(11-12-5-3-2-4-6-12)18(16,17)15-9-7-13-8-10-15/h2-6,13H,7-11H2,1H3. The highest BCUT2D eigenvalue weighted by Gasteiger charge is 2.27. The van der Waals surface area contributed by atoms with Crippen LogP contribution in [0.25, 0.3) is 0 Å². The molecule has 6 heteroatoms. The first-order valence-electron chi connectivity index (χ1n) is 6.07. The average molecular weight is 269 g/mol. The van der Waals surface area contributed by atoms with E-state index in [2.05, 4.69) is 5.32 Å². The zero-order valence-corrected chi connectivity index (χ0v) is 11.4. The summed E-state index contributed by atoms with van der Waals surface area (Å²) in [5, 5.41) is 3.15. The Morgan fingerprint density at radius 2 is 1.83 bits per heavy atom. The van der Waals surface area contributed by atoms with Crippen LogP contribution in [-0.4, -0.2) is 50.3 Å². The molecule has 2 rings (SSSR count). The van der Waals surface area contributed by atoms with Crippen molar-refractivity contribution in [3.63, 3.8) is 0 Å². The van der Waals surface area contributed by atoms with E-state index in [-0.39, 0.29) is 0 Å². The van der Waals surface area contributed by atoms with Gasteiger partial charge in [-0.3, -0.25) is 0 Å². The molecule has 1 saturated heterocycles. The van der Waals surface area contributed by atoms with Gasteiger partial charge in [-0.15, -0.1) is 0 Å². The molecule has 1 aromatic carbocycles. The lowest BCUT2D eigenvalue weighted by Crippen LogP contribution is -2.50. The Labute approximate surface area is 109 Å². The lowest BCUT2D eigenvalue weighted by molar-refractivity contribution is 0.324. The largest absolute Gasteiger partial charge is 0.314 e. The van der Waals surface area contributed by atoms with Crippen molar-refractivity contribution in [3.05, 3.63) is 35.9 Å². The number of nitrogens with zero attached hydrogens (tertiary/aromatic N) is 2. The summed E-state index contributed by atoms with van der Waals surface area (Å²) in [5.74, 6) is 0. The molecule has 100 valence electrons. The van der Waals surface area contributed by atoms with Crippen LogP contribution in [0.3, 0.4) is 0 Å². The van der Waals surface area contributed by atoms with Crippen LogP contribution < -0.4 is 5.32 Å². The van der Waals surface area contributed by atoms with Gasteiger partial charge in [0.15, 0.2) is 0 Å². The Balaban J connectivity index is 2.05. The summed E-state index contributed by atoms with van der Waals surface area (Å²) in [4.78, 5) is 0. The van der Waals surface area contributed by atoms with Crippen LogP contribution >= 0.6 is 0 Å². The number of piperazine rings is 1. The minimum Gasteiger partial charge on any atom is -0.314 e. The Morgan fingerprint density at radius 3 is 2.44 bits per heavy atom. The highest BCUT2D eigenvalue weighted by atomic mass is 32.2. The third-order valence-electron chi connectivity index (χ3n) is 3.04. The molecule has 1 aromatic rings. The molecular formula is C12H19N3O2S. The molecule has 0 aromatic heterocycles. The quantitative estimate of drug-likeness (QED) is 0.853. The lowest BCUT2D eigenvalue weighted by Gasteiger charge is -2.30. The summed E-state index contributed by atoms with van der Waals surface area (Å²) < 4.78 is 27.6. The fourth-order valence-electron chi connectivity index (χ4n) is 1.99. The molecule has 0 unspecified atom stereocenters. The monoisotopic (exact) mass is 269 g/mol. The van der Waals surface area contributed by atoms with E-state index >= 15 is 0 Å². The fraction of sp³-hybridized carbons (Fsp3) is 0.500. The molecule has 1 aliphatic heterocycles. The van der Waals surface area contributed by atoms with Crippen molar-refractivity contribution in [2.45, 2.75) is 6.54 Å². The predicted octanol–water partition coefficient (Wildman–Crippen LogP) is 0.268. The first-order chi connectivity index (χ1) is 8.60. The lowest BCUT2D eigenvalue weighted by atomic mass is 10.2. The van der Waals surface area contributed by atoms with Gasteiger partial charge in [0.05, 0.1) is 0 Å². The predicted molar refractivity (Wildman–Crippen MR) is 71.3 cm³/mol. The second-order valence-electron chi connectivity index (χ2n) is 4.40. The minimum atomic E-state index is -3.33. The van der Waals surface area contributed by atoms with E-state index in [9.17, 15) is 8.42 Å². The molecule has 0 bridgehead atoms. The first-order valence-corrected chi connectivity index (χ1v) is 7.46. The topological polar surface area (TPSA) is 52.7 Å². The highest BCUT2D eigenvalue weighted by molar-refractivity contribution is 7.86. The number of hydrogen-bond acceptors (Lipinski definition) is 3. The number of rotatable bonds is 4. The van der Waals surface area contributed by atoms with Gasteiger partial charge in [0, 0.05) is 39.8 Å². The zero-order chi connectivity index (χ0) is 13.0. The second kappa shape index (κ2) is 5.79. The minimum absolute atomic E-state index is 0.410. The fourth-order valence-corrected chi connectivity index (χ4v) is 3.34. The molecule has 0 atom stereocenters. The molecular weight excluding hydrogens is 250 g/mol. The van der Waals surface area contributed by atoms with E-state index in [4.69, 9.17) is 0 Å². The van der Waals surface area contributed by atoms with Crippen LogP contribution in [0.1, 0.15) is 5.56 Å². The van der Waals surface area contributed by atoms with Crippen molar-refractivity contribution in [3.8, 4) is 0 Å². The molecule has 5 nitrogen and oxygen atoms in total. The molecule has 18 heavy (non-hydrogen) atoms. The van der Waals surface area contributed by atoms with Gasteiger partial charge in [0.2, 0.25) is 0 Å². The van der Waals surface area contributed by atoms with E-state index in [1.165, 1.54) is 8.61 Å². The third kappa shape index (κ3) is 3.08. The Kier molecular flexibility index (Phi) is 4.34. The molecule has 1 N–H and O–H groups in total. The summed E-state index contributed by atoms with van der Waals surface area (Å²) >= 11 is 0. The summed E-state index contributed by atoms with van der Waals surface area (Å²) in [5.41, 5.74) is 0.999. The van der Waals surface area contributed by atoms with Crippen molar-refractivity contribution in [1.82, 2.24) is 13.9 Å². The molecule has 0 spiro atoms. The van der Waals surface area contributed by atoms with Gasteiger partial charge >= 0.3 is 0 Å². The zero-order valence-electron chi connectivity index (χ0n) is 10.5. The van der Waals surface area contributed by atoms with Crippen LogP contribution in [0.15, 0.2) is 30.3 Å². The van der Waals surface area contributed by atoms with Gasteiger partial charge < -0.3 is 5.32 Å². The summed E-state index contributed by atoms with van der Waals surface area (Å²) in [6.45, 7) is 2.94. The second-order valence-corrected chi connectivity index (χ2v) is 6.43. The molecule has 0 saturated carbocycles. The summed E-state index contributed by atoms with van der Waals surface area (Å²) in [7, 11) is -1.70. The van der Waals surface area contributed by atoms with Gasteiger partial charge in [-0.1, -0.05) is 30.3 Å². The van der Waals surface area contributed by atoms with E-state index in [0.29, 0.717) is 19.6 Å². The smallest absolute Gasteiger partial charge is 0.282 e. The molecule has 1 aliphatic rings. The van der Waals surface area contributed by atoms with E-state index in [0.717, 1.165) is 18.7 Å². The maximum absolute atomic E-state index is 12.3. The maximum atomic E-state index is 12.3. The van der Waals surface area contributed by atoms with Crippen LogP contribution in [0, 0.1) is 0 Å². The van der Waals surface area contributed by atoms with Gasteiger partial charge in [0.1, 0.15) is 0 Å². The van der Waals surface area contributed by atoms with E-state index < -0.39 is 10.2 Å². The van der Waals surface area contributed by atoms with Gasteiger partial charge in [-0.25, -0.2) is 0 Å². The maximum Gasteiger partial charge on any atom is 0.282 e. The SMILES string of the molecule is CN(Cc1ccccc1)S(=O)(=O)N1CCNCC1. The number of benzene rings is 1. The van der Waals surface area contributed by atoms with Crippen molar-refractivity contribution in [1.29, 1.82) is 0 Å².